The number of aromatic amines is 1. The third-order valence-corrected chi connectivity index (χ3v) is 3.99. The van der Waals surface area contributed by atoms with Crippen LogP contribution in [0.15, 0.2) is 41.6 Å². The van der Waals surface area contributed by atoms with Gasteiger partial charge in [-0.05, 0) is 35.7 Å². The number of nitrogens with one attached hydrogen (secondary N) is 1. The number of hydrogen-bond donors (Lipinski definition) is 1. The van der Waals surface area contributed by atoms with Crippen LogP contribution in [-0.4, -0.2) is 27.0 Å². The maximum Gasteiger partial charge on any atom is 0.316 e. The Labute approximate surface area is 154 Å². The summed E-state index contributed by atoms with van der Waals surface area (Å²) >= 11 is 0. The number of nitriles is 1. The van der Waals surface area contributed by atoms with Gasteiger partial charge in [0.1, 0.15) is 11.6 Å². The molecule has 2 aromatic heterocycles. The maximum atomic E-state index is 13.8. The Morgan fingerprint density at radius 2 is 1.93 bits per heavy atom. The minimum atomic E-state index is -0.382. The van der Waals surface area contributed by atoms with Crippen LogP contribution in [0.5, 0.6) is 6.01 Å². The van der Waals surface area contributed by atoms with Crippen LogP contribution in [0.3, 0.4) is 0 Å². The van der Waals surface area contributed by atoms with E-state index in [2.05, 4.69) is 19.9 Å². The number of halogens is 1. The summed E-state index contributed by atoms with van der Waals surface area (Å²) in [5, 5.41) is 8.91. The summed E-state index contributed by atoms with van der Waals surface area (Å²) in [6.07, 6.45) is 5.70. The molecule has 0 aliphatic heterocycles. The smallest absolute Gasteiger partial charge is 0.316 e. The van der Waals surface area contributed by atoms with Crippen LogP contribution in [0, 0.1) is 17.1 Å². The van der Waals surface area contributed by atoms with Crippen molar-refractivity contribution >= 4 is 0 Å². The van der Waals surface area contributed by atoms with E-state index in [1.165, 1.54) is 31.5 Å². The lowest BCUT2D eigenvalue weighted by Crippen LogP contribution is -2.17. The summed E-state index contributed by atoms with van der Waals surface area (Å²) in [5.74, 6) is 0.0731. The molecular formula is C19H16FN5O2. The number of H-pyrrole nitrogens is 1. The number of aromatic nitrogens is 4. The van der Waals surface area contributed by atoms with E-state index in [0.717, 1.165) is 5.56 Å². The number of ether oxygens (including phenoxy) is 1. The topological polar surface area (TPSA) is 105 Å². The predicted octanol–water partition coefficient (Wildman–Crippen LogP) is 1.96. The third-order valence-electron chi connectivity index (χ3n) is 3.99. The molecule has 7 nitrogen and oxygen atoms in total. The van der Waals surface area contributed by atoms with Crippen LogP contribution in [0.25, 0.3) is 0 Å². The van der Waals surface area contributed by atoms with E-state index in [4.69, 9.17) is 10.00 Å². The molecule has 0 fully saturated rings. The van der Waals surface area contributed by atoms with E-state index in [9.17, 15) is 9.18 Å². The summed E-state index contributed by atoms with van der Waals surface area (Å²) < 4.78 is 18.7. The van der Waals surface area contributed by atoms with Crippen LogP contribution in [0.4, 0.5) is 4.39 Å². The SMILES string of the molecule is COc1ncc(Cc2cnc(CCc3cc(C#N)ccc3F)[nH]c2=O)cn1. The maximum absolute atomic E-state index is 13.8. The standard InChI is InChI=1S/C19H16FN5O2/c1-27-19-23-9-13(10-24-19)7-15-11-22-17(25-18(15)26)5-3-14-6-12(8-21)2-4-16(14)20/h2,4,6,9-11H,3,5,7H2,1H3,(H,22,25,26). The summed E-state index contributed by atoms with van der Waals surface area (Å²) in [4.78, 5) is 27.2. The molecule has 2 heterocycles. The highest BCUT2D eigenvalue weighted by Crippen LogP contribution is 2.12. The van der Waals surface area contributed by atoms with Gasteiger partial charge in [0, 0.05) is 37.0 Å². The lowest BCUT2D eigenvalue weighted by Gasteiger charge is -2.05. The fraction of sp³-hybridized carbons (Fsp3) is 0.211. The van der Waals surface area contributed by atoms with E-state index in [-0.39, 0.29) is 17.4 Å². The first kappa shape index (κ1) is 18.2. The second-order valence-corrected chi connectivity index (χ2v) is 5.86. The van der Waals surface area contributed by atoms with Crippen LogP contribution in [0.1, 0.15) is 28.1 Å². The number of hydrogen-bond acceptors (Lipinski definition) is 6. The molecule has 0 amide bonds. The van der Waals surface area contributed by atoms with Crippen LogP contribution in [0.2, 0.25) is 0 Å². The van der Waals surface area contributed by atoms with Crippen molar-refractivity contribution in [1.82, 2.24) is 19.9 Å². The summed E-state index contributed by atoms with van der Waals surface area (Å²) in [6.45, 7) is 0. The number of methoxy groups -OCH3 is 1. The van der Waals surface area contributed by atoms with Crippen molar-refractivity contribution in [3.63, 3.8) is 0 Å². The fourth-order valence-electron chi connectivity index (χ4n) is 2.56. The average Bonchev–Trinajstić information content (AvgIpc) is 2.70. The largest absolute Gasteiger partial charge is 0.467 e. The van der Waals surface area contributed by atoms with E-state index in [1.54, 1.807) is 12.4 Å². The Kier molecular flexibility index (Phi) is 5.52. The Morgan fingerprint density at radius 1 is 1.15 bits per heavy atom. The van der Waals surface area contributed by atoms with Gasteiger partial charge in [-0.2, -0.15) is 5.26 Å². The van der Waals surface area contributed by atoms with E-state index < -0.39 is 0 Å². The van der Waals surface area contributed by atoms with Gasteiger partial charge in [-0.3, -0.25) is 4.79 Å². The van der Waals surface area contributed by atoms with Gasteiger partial charge in [-0.25, -0.2) is 19.3 Å². The molecule has 0 aliphatic rings. The molecule has 0 saturated carbocycles. The molecule has 1 N–H and O–H groups in total. The number of rotatable bonds is 6. The summed E-state index contributed by atoms with van der Waals surface area (Å²) in [7, 11) is 1.48. The minimum Gasteiger partial charge on any atom is -0.467 e. The van der Waals surface area contributed by atoms with E-state index in [0.29, 0.717) is 41.8 Å². The zero-order valence-corrected chi connectivity index (χ0v) is 14.6. The molecule has 8 heteroatoms. The molecule has 0 unspecified atom stereocenters. The van der Waals surface area contributed by atoms with Crippen molar-refractivity contribution in [2.45, 2.75) is 19.3 Å². The van der Waals surface area contributed by atoms with Crippen molar-refractivity contribution in [3.8, 4) is 12.1 Å². The highest BCUT2D eigenvalue weighted by Gasteiger charge is 2.08. The van der Waals surface area contributed by atoms with Gasteiger partial charge in [-0.1, -0.05) is 0 Å². The van der Waals surface area contributed by atoms with E-state index in [1.807, 2.05) is 6.07 Å². The van der Waals surface area contributed by atoms with Crippen molar-refractivity contribution in [2.24, 2.45) is 0 Å². The van der Waals surface area contributed by atoms with Crippen LogP contribution >= 0.6 is 0 Å². The van der Waals surface area contributed by atoms with Gasteiger partial charge in [0.15, 0.2) is 0 Å². The van der Waals surface area contributed by atoms with Crippen LogP contribution < -0.4 is 10.3 Å². The Balaban J connectivity index is 1.69. The molecule has 3 aromatic rings. The summed E-state index contributed by atoms with van der Waals surface area (Å²) in [6, 6.07) is 6.44. The monoisotopic (exact) mass is 365 g/mol. The molecule has 0 saturated heterocycles. The number of nitrogens with zero attached hydrogens (tertiary/aromatic N) is 4. The van der Waals surface area contributed by atoms with Crippen molar-refractivity contribution < 1.29 is 9.13 Å². The first-order valence-electron chi connectivity index (χ1n) is 8.19. The summed E-state index contributed by atoms with van der Waals surface area (Å²) in [5.41, 5.74) is 1.78. The predicted molar refractivity (Wildman–Crippen MR) is 94.8 cm³/mol. The van der Waals surface area contributed by atoms with E-state index >= 15 is 0 Å². The second-order valence-electron chi connectivity index (χ2n) is 5.86. The second kappa shape index (κ2) is 8.19. The van der Waals surface area contributed by atoms with Gasteiger partial charge < -0.3 is 9.72 Å². The molecule has 1 aromatic carbocycles. The lowest BCUT2D eigenvalue weighted by atomic mass is 10.1. The highest BCUT2D eigenvalue weighted by molar-refractivity contribution is 5.34. The molecule has 0 bridgehead atoms. The zero-order chi connectivity index (χ0) is 19.2. The van der Waals surface area contributed by atoms with Crippen molar-refractivity contribution in [2.75, 3.05) is 7.11 Å². The third kappa shape index (κ3) is 4.52. The Hall–Kier alpha value is -3.60. The first-order valence-corrected chi connectivity index (χ1v) is 8.19. The first-order chi connectivity index (χ1) is 13.1. The molecule has 0 spiro atoms. The molecule has 0 radical (unpaired) electrons. The molecule has 27 heavy (non-hydrogen) atoms. The zero-order valence-electron chi connectivity index (χ0n) is 14.6. The molecule has 0 aliphatic carbocycles. The molecule has 3 rings (SSSR count). The van der Waals surface area contributed by atoms with Crippen molar-refractivity contribution in [3.05, 3.63) is 81.0 Å². The van der Waals surface area contributed by atoms with Crippen molar-refractivity contribution in [1.29, 1.82) is 5.26 Å². The van der Waals surface area contributed by atoms with Gasteiger partial charge in [0.25, 0.3) is 5.56 Å². The number of aryl methyl sites for hydroxylation is 2. The van der Waals surface area contributed by atoms with Gasteiger partial charge in [0.2, 0.25) is 0 Å². The average molecular weight is 365 g/mol. The minimum absolute atomic E-state index is 0.258. The number of benzene rings is 1. The molecule has 0 atom stereocenters. The van der Waals surface area contributed by atoms with Gasteiger partial charge in [0.05, 0.1) is 18.7 Å². The fourth-order valence-corrected chi connectivity index (χ4v) is 2.56. The quantitative estimate of drug-likeness (QED) is 0.716. The molecular weight excluding hydrogens is 349 g/mol. The van der Waals surface area contributed by atoms with Crippen LogP contribution in [-0.2, 0) is 19.3 Å². The molecule has 136 valence electrons. The highest BCUT2D eigenvalue weighted by atomic mass is 19.1. The van der Waals surface area contributed by atoms with Gasteiger partial charge >= 0.3 is 6.01 Å². The lowest BCUT2D eigenvalue weighted by molar-refractivity contribution is 0.379. The Bertz CT molecular complexity index is 1040. The normalized spacial score (nSPS) is 10.4. The Morgan fingerprint density at radius 3 is 2.59 bits per heavy atom. The van der Waals surface area contributed by atoms with Gasteiger partial charge in [-0.15, -0.1) is 0 Å².